The van der Waals surface area contributed by atoms with Gasteiger partial charge in [-0.15, -0.1) is 0 Å². The van der Waals surface area contributed by atoms with Gasteiger partial charge in [0.2, 0.25) is 5.91 Å². The number of aryl methyl sites for hydroxylation is 2. The zero-order chi connectivity index (χ0) is 20.4. The summed E-state index contributed by atoms with van der Waals surface area (Å²) < 4.78 is 7.38. The van der Waals surface area contributed by atoms with Gasteiger partial charge in [-0.1, -0.05) is 23.7 Å². The Morgan fingerprint density at radius 3 is 2.90 bits per heavy atom. The lowest BCUT2D eigenvalue weighted by Gasteiger charge is -2.66. The van der Waals surface area contributed by atoms with Crippen molar-refractivity contribution in [3.63, 3.8) is 0 Å². The molecule has 5 heterocycles. The molecule has 7 atom stereocenters. The highest BCUT2D eigenvalue weighted by Crippen LogP contribution is 2.66. The highest BCUT2D eigenvalue weighted by atomic mass is 35.5. The van der Waals surface area contributed by atoms with Crippen molar-refractivity contribution in [2.24, 2.45) is 11.8 Å². The number of anilines is 1. The lowest BCUT2D eigenvalue weighted by Crippen LogP contribution is -3.00. The SMILES string of the molecule is Cc1cc2c(cc1C)[C@@]13CCC[N+]4(CCl)CC5=CCO[C@H]6CC(=O)N2[C@H]1[C@H]6[C@H]5C[C@@H]34.[Cl-]. The van der Waals surface area contributed by atoms with Crippen LogP contribution in [-0.2, 0) is 14.9 Å². The number of amides is 1. The number of benzene rings is 1. The average molecular weight is 461 g/mol. The Morgan fingerprint density at radius 1 is 1.29 bits per heavy atom. The maximum absolute atomic E-state index is 13.6. The number of alkyl halides is 1. The molecule has 0 aromatic heterocycles. The number of carbonyl (C=O) groups excluding carboxylic acids is 1. The molecule has 0 radical (unpaired) electrons. The van der Waals surface area contributed by atoms with Gasteiger partial charge in [-0.05, 0) is 60.9 Å². The number of piperidine rings is 3. The first kappa shape index (κ1) is 20.5. The molecule has 4 nitrogen and oxygen atoms in total. The molecule has 4 fully saturated rings. The summed E-state index contributed by atoms with van der Waals surface area (Å²) in [4.78, 5) is 15.8. The largest absolute Gasteiger partial charge is 1.00 e. The van der Waals surface area contributed by atoms with E-state index < -0.39 is 0 Å². The number of carbonyl (C=O) groups is 1. The second kappa shape index (κ2) is 6.50. The number of ether oxygens (including phenoxy) is 1. The first-order valence-electron chi connectivity index (χ1n) is 11.7. The fraction of sp³-hybridized carbons (Fsp3) is 0.640. The molecular formula is C25H30Cl2N2O2. The van der Waals surface area contributed by atoms with Crippen LogP contribution in [0.3, 0.4) is 0 Å². The number of hydrogen-bond acceptors (Lipinski definition) is 2. The van der Waals surface area contributed by atoms with E-state index in [2.05, 4.69) is 37.0 Å². The van der Waals surface area contributed by atoms with Crippen molar-refractivity contribution in [3.8, 4) is 0 Å². The van der Waals surface area contributed by atoms with Gasteiger partial charge in [0.25, 0.3) is 0 Å². The maximum Gasteiger partial charge on any atom is 0.229 e. The number of rotatable bonds is 1. The Labute approximate surface area is 195 Å². The highest BCUT2D eigenvalue weighted by molar-refractivity contribution is 6.17. The lowest BCUT2D eigenvalue weighted by atomic mass is 9.49. The molecule has 166 valence electrons. The van der Waals surface area contributed by atoms with Gasteiger partial charge >= 0.3 is 0 Å². The number of halogens is 2. The number of fused-ring (bicyclic) bond motifs is 2. The molecule has 3 saturated heterocycles. The Morgan fingerprint density at radius 2 is 2.10 bits per heavy atom. The van der Waals surface area contributed by atoms with Gasteiger partial charge in [-0.3, -0.25) is 4.79 Å². The average Bonchev–Trinajstić information content (AvgIpc) is 2.88. The standard InChI is InChI=1S/C25H30ClN2O2.ClH/c1-14-8-18-19(9-15(14)2)27-22(29)11-20-23-17-10-21-25(18,24(23)27)5-3-6-28(21,13-26)12-16(17)4-7-30-20;/h4,8-9,17,20-21,23-24H,3,5-7,10-13H2,1-2H3;1H/q+1;/p-1/t17-,20-,21-,23-,24-,25+,28?;/m0./s1. The van der Waals surface area contributed by atoms with Crippen LogP contribution in [0.25, 0.3) is 0 Å². The summed E-state index contributed by atoms with van der Waals surface area (Å²) in [6.45, 7) is 7.30. The summed E-state index contributed by atoms with van der Waals surface area (Å²) in [5.41, 5.74) is 6.86. The smallest absolute Gasteiger partial charge is 0.229 e. The molecule has 6 heteroatoms. The molecule has 1 amide bonds. The van der Waals surface area contributed by atoms with Crippen LogP contribution in [0, 0.1) is 25.7 Å². The van der Waals surface area contributed by atoms with Crippen LogP contribution in [0.15, 0.2) is 23.8 Å². The minimum absolute atomic E-state index is 0. The van der Waals surface area contributed by atoms with Crippen LogP contribution in [-0.4, -0.2) is 54.3 Å². The van der Waals surface area contributed by atoms with Crippen molar-refractivity contribution in [2.75, 3.05) is 30.6 Å². The van der Waals surface area contributed by atoms with Crippen molar-refractivity contribution < 1.29 is 26.4 Å². The third kappa shape index (κ3) is 2.23. The van der Waals surface area contributed by atoms with E-state index in [1.165, 1.54) is 41.6 Å². The van der Waals surface area contributed by atoms with Crippen LogP contribution < -0.4 is 17.3 Å². The van der Waals surface area contributed by atoms with Gasteiger partial charge < -0.3 is 26.5 Å². The van der Waals surface area contributed by atoms with Crippen molar-refractivity contribution in [1.82, 2.24) is 0 Å². The molecule has 1 aromatic carbocycles. The van der Waals surface area contributed by atoms with E-state index in [9.17, 15) is 4.79 Å². The fourth-order valence-corrected chi connectivity index (χ4v) is 9.08. The van der Waals surface area contributed by atoms with E-state index in [1.807, 2.05) is 0 Å². The Kier molecular flexibility index (Phi) is 4.30. The van der Waals surface area contributed by atoms with Crippen LogP contribution in [0.1, 0.15) is 42.4 Å². The minimum atomic E-state index is 0. The molecule has 1 spiro atoms. The number of quaternary nitrogens is 1. The molecule has 1 unspecified atom stereocenters. The van der Waals surface area contributed by atoms with Gasteiger partial charge in [0.05, 0.1) is 37.1 Å². The predicted octanol–water partition coefficient (Wildman–Crippen LogP) is 0.815. The fourth-order valence-electron chi connectivity index (χ4n) is 8.71. The normalized spacial score (nSPS) is 43.6. The van der Waals surface area contributed by atoms with Gasteiger partial charge in [0.1, 0.15) is 12.6 Å². The molecule has 7 rings (SSSR count). The third-order valence-electron chi connectivity index (χ3n) is 9.88. The lowest BCUT2D eigenvalue weighted by molar-refractivity contribution is -0.953. The number of hydrogen-bond donors (Lipinski definition) is 0. The minimum Gasteiger partial charge on any atom is -1.00 e. The summed E-state index contributed by atoms with van der Waals surface area (Å²) in [6, 6.07) is 6.14. The van der Waals surface area contributed by atoms with E-state index in [0.717, 1.165) is 17.6 Å². The molecule has 31 heavy (non-hydrogen) atoms. The van der Waals surface area contributed by atoms with Crippen LogP contribution in [0.2, 0.25) is 0 Å². The van der Waals surface area contributed by atoms with Crippen molar-refractivity contribution in [3.05, 3.63) is 40.5 Å². The molecule has 0 N–H and O–H groups in total. The van der Waals surface area contributed by atoms with Crippen LogP contribution in [0.4, 0.5) is 5.69 Å². The molecule has 5 aliphatic heterocycles. The zero-order valence-electron chi connectivity index (χ0n) is 18.2. The summed E-state index contributed by atoms with van der Waals surface area (Å²) in [7, 11) is 0. The summed E-state index contributed by atoms with van der Waals surface area (Å²) in [5.74, 6) is 1.22. The second-order valence-electron chi connectivity index (χ2n) is 10.8. The molecular weight excluding hydrogens is 431 g/mol. The van der Waals surface area contributed by atoms with Gasteiger partial charge in [-0.2, -0.15) is 0 Å². The summed E-state index contributed by atoms with van der Waals surface area (Å²) in [5, 5.41) is 0. The molecule has 1 aliphatic carbocycles. The van der Waals surface area contributed by atoms with Gasteiger partial charge in [0, 0.05) is 18.0 Å². The zero-order valence-corrected chi connectivity index (χ0v) is 19.8. The van der Waals surface area contributed by atoms with E-state index in [1.54, 1.807) is 5.57 Å². The van der Waals surface area contributed by atoms with Crippen molar-refractivity contribution in [2.45, 2.75) is 63.1 Å². The van der Waals surface area contributed by atoms with E-state index in [4.69, 9.17) is 16.3 Å². The van der Waals surface area contributed by atoms with E-state index >= 15 is 0 Å². The van der Waals surface area contributed by atoms with Crippen molar-refractivity contribution >= 4 is 23.2 Å². The van der Waals surface area contributed by atoms with E-state index in [0.29, 0.717) is 36.9 Å². The van der Waals surface area contributed by atoms with E-state index in [-0.39, 0.29) is 35.9 Å². The molecule has 6 aliphatic rings. The Bertz CT molecular complexity index is 1030. The number of nitrogens with zero attached hydrogens (tertiary/aromatic N) is 2. The quantitative estimate of drug-likeness (QED) is 0.268. The van der Waals surface area contributed by atoms with Gasteiger partial charge in [0.15, 0.2) is 6.00 Å². The molecule has 1 saturated carbocycles. The predicted molar refractivity (Wildman–Crippen MR) is 117 cm³/mol. The van der Waals surface area contributed by atoms with Crippen LogP contribution in [0.5, 0.6) is 0 Å². The Hall–Kier alpha value is -1.07. The third-order valence-corrected chi connectivity index (χ3v) is 10.4. The van der Waals surface area contributed by atoms with Gasteiger partial charge in [-0.25, -0.2) is 0 Å². The first-order valence-corrected chi connectivity index (χ1v) is 12.2. The molecule has 1 aromatic rings. The second-order valence-corrected chi connectivity index (χ2v) is 11.1. The first-order chi connectivity index (χ1) is 14.5. The maximum atomic E-state index is 13.6. The monoisotopic (exact) mass is 460 g/mol. The highest BCUT2D eigenvalue weighted by Gasteiger charge is 2.74. The van der Waals surface area contributed by atoms with Crippen molar-refractivity contribution in [1.29, 1.82) is 0 Å². The Balaban J connectivity index is 0.00000185. The molecule has 2 bridgehead atoms. The van der Waals surface area contributed by atoms with Crippen LogP contribution >= 0.6 is 11.6 Å². The topological polar surface area (TPSA) is 29.5 Å². The summed E-state index contributed by atoms with van der Waals surface area (Å²) >= 11 is 6.81. The summed E-state index contributed by atoms with van der Waals surface area (Å²) in [6.07, 6.45) is 6.50.